The highest BCUT2D eigenvalue weighted by atomic mass is 35.5. The highest BCUT2D eigenvalue weighted by Crippen LogP contribution is 2.44. The van der Waals surface area contributed by atoms with Crippen LogP contribution < -0.4 is 0 Å². The smallest absolute Gasteiger partial charge is 0.337 e. The van der Waals surface area contributed by atoms with Gasteiger partial charge in [0.15, 0.2) is 6.10 Å². The quantitative estimate of drug-likeness (QED) is 0.196. The van der Waals surface area contributed by atoms with Gasteiger partial charge < -0.3 is 9.84 Å². The van der Waals surface area contributed by atoms with E-state index in [4.69, 9.17) is 21.3 Å². The summed E-state index contributed by atoms with van der Waals surface area (Å²) in [6, 6.07) is 17.7. The van der Waals surface area contributed by atoms with E-state index in [0.29, 0.717) is 16.5 Å². The zero-order valence-corrected chi connectivity index (χ0v) is 25.7. The number of hydrogen-bond donors (Lipinski definition) is 1. The van der Waals surface area contributed by atoms with Crippen LogP contribution in [0, 0.1) is 12.8 Å². The molecule has 2 aromatic heterocycles. The summed E-state index contributed by atoms with van der Waals surface area (Å²) >= 11 is 7.78. The number of halogens is 1. The van der Waals surface area contributed by atoms with Crippen molar-refractivity contribution in [3.8, 4) is 32.8 Å². The van der Waals surface area contributed by atoms with Crippen LogP contribution in [0.15, 0.2) is 67.0 Å². The number of carbonyl (C=O) groups is 1. The lowest BCUT2D eigenvalue weighted by Gasteiger charge is -2.28. The largest absolute Gasteiger partial charge is 0.479 e. The van der Waals surface area contributed by atoms with Crippen LogP contribution in [0.3, 0.4) is 0 Å². The summed E-state index contributed by atoms with van der Waals surface area (Å²) in [5, 5.41) is 16.3. The van der Waals surface area contributed by atoms with E-state index in [1.165, 1.54) is 0 Å². The average Bonchev–Trinajstić information content (AvgIpc) is 3.53. The monoisotopic (exact) mass is 587 g/mol. The lowest BCUT2D eigenvalue weighted by atomic mass is 9.91. The molecule has 0 aliphatic heterocycles. The molecule has 0 fully saturated rings. The number of fused-ring (bicyclic) bond motifs is 1. The lowest BCUT2D eigenvalue weighted by molar-refractivity contribution is -0.160. The maximum atomic E-state index is 12.6. The summed E-state index contributed by atoms with van der Waals surface area (Å²) in [6.45, 7) is 12.7. The van der Waals surface area contributed by atoms with E-state index in [-0.39, 0.29) is 0 Å². The third-order valence-corrected chi connectivity index (χ3v) is 8.04. The Morgan fingerprint density at radius 3 is 2.41 bits per heavy atom. The number of rotatable bonds is 8. The molecule has 212 valence electrons. The van der Waals surface area contributed by atoms with E-state index >= 15 is 0 Å². The van der Waals surface area contributed by atoms with Gasteiger partial charge in [-0.15, -0.1) is 11.3 Å². The second-order valence-corrected chi connectivity index (χ2v) is 13.2. The molecule has 0 radical (unpaired) electrons. The molecule has 5 aromatic rings. The van der Waals surface area contributed by atoms with Crippen molar-refractivity contribution in [2.24, 2.45) is 5.92 Å². The van der Waals surface area contributed by atoms with Gasteiger partial charge >= 0.3 is 5.97 Å². The first-order chi connectivity index (χ1) is 19.4. The topological polar surface area (TPSA) is 77.2 Å². The molecule has 0 amide bonds. The van der Waals surface area contributed by atoms with Crippen molar-refractivity contribution >= 4 is 39.1 Å². The van der Waals surface area contributed by atoms with Crippen LogP contribution in [0.25, 0.3) is 43.0 Å². The van der Waals surface area contributed by atoms with Gasteiger partial charge in [0.1, 0.15) is 5.01 Å². The minimum atomic E-state index is -1.15. The number of benzene rings is 3. The molecule has 3 aromatic carbocycles. The number of nitrogens with zero attached hydrogens (tertiary/aromatic N) is 3. The van der Waals surface area contributed by atoms with Crippen LogP contribution in [0.1, 0.15) is 51.8 Å². The van der Waals surface area contributed by atoms with Crippen molar-refractivity contribution in [2.75, 3.05) is 0 Å². The van der Waals surface area contributed by atoms with E-state index in [1.807, 2.05) is 75.0 Å². The average molecular weight is 588 g/mol. The number of hydrogen-bond acceptors (Lipinski definition) is 5. The summed E-state index contributed by atoms with van der Waals surface area (Å²) in [5.74, 6) is -0.525. The van der Waals surface area contributed by atoms with Crippen LogP contribution in [0.5, 0.6) is 0 Å². The van der Waals surface area contributed by atoms with Gasteiger partial charge in [0.25, 0.3) is 0 Å². The summed E-state index contributed by atoms with van der Waals surface area (Å²) < 4.78 is 9.02. The normalized spacial score (nSPS) is 12.8. The Morgan fingerprint density at radius 2 is 1.76 bits per heavy atom. The van der Waals surface area contributed by atoms with Crippen LogP contribution in [-0.4, -0.2) is 31.4 Å². The van der Waals surface area contributed by atoms with E-state index < -0.39 is 17.7 Å². The molecule has 1 N–H and O–H groups in total. The number of aryl methyl sites for hydroxylation is 1. The van der Waals surface area contributed by atoms with E-state index in [9.17, 15) is 9.90 Å². The van der Waals surface area contributed by atoms with Gasteiger partial charge in [-0.25, -0.2) is 9.78 Å². The Hall–Kier alpha value is -3.52. The Balaban J connectivity index is 1.67. The van der Waals surface area contributed by atoms with Gasteiger partial charge in [0.05, 0.1) is 22.0 Å². The van der Waals surface area contributed by atoms with Crippen molar-refractivity contribution in [1.29, 1.82) is 0 Å². The Morgan fingerprint density at radius 1 is 1.05 bits per heavy atom. The molecule has 0 unspecified atom stereocenters. The SMILES string of the molecule is Cc1cc2nc(-c3cccc(-c4cnn(CC(C)C)c4)c3)sc2c(-c2ccc(Cl)cc2)c1[C@H](OC(C)(C)C)C(=O)O. The highest BCUT2D eigenvalue weighted by Gasteiger charge is 2.32. The fraction of sp³-hybridized carbons (Fsp3) is 0.303. The Bertz CT molecular complexity index is 1710. The zero-order chi connectivity index (χ0) is 29.5. The van der Waals surface area contributed by atoms with Crippen molar-refractivity contribution in [2.45, 2.75) is 59.8 Å². The van der Waals surface area contributed by atoms with Gasteiger partial charge in [0, 0.05) is 40.0 Å². The first-order valence-corrected chi connectivity index (χ1v) is 14.8. The van der Waals surface area contributed by atoms with Crippen LogP contribution in [0.2, 0.25) is 5.02 Å². The van der Waals surface area contributed by atoms with E-state index in [1.54, 1.807) is 11.3 Å². The molecule has 0 aliphatic carbocycles. The number of aromatic nitrogens is 3. The molecule has 0 aliphatic rings. The molecule has 0 saturated carbocycles. The van der Waals surface area contributed by atoms with Crippen molar-refractivity contribution < 1.29 is 14.6 Å². The first-order valence-electron chi connectivity index (χ1n) is 13.6. The third-order valence-electron chi connectivity index (χ3n) is 6.65. The fourth-order valence-corrected chi connectivity index (χ4v) is 6.23. The summed E-state index contributed by atoms with van der Waals surface area (Å²) in [4.78, 5) is 17.6. The van der Waals surface area contributed by atoms with Crippen LogP contribution in [-0.2, 0) is 16.1 Å². The zero-order valence-electron chi connectivity index (χ0n) is 24.1. The molecule has 6 nitrogen and oxygen atoms in total. The summed E-state index contributed by atoms with van der Waals surface area (Å²) in [6.07, 6.45) is 2.82. The molecule has 0 spiro atoms. The maximum Gasteiger partial charge on any atom is 0.337 e. The molecule has 8 heteroatoms. The molecule has 0 saturated heterocycles. The molecule has 5 rings (SSSR count). The number of ether oxygens (including phenoxy) is 1. The molecule has 1 atom stereocenters. The molecule has 41 heavy (non-hydrogen) atoms. The lowest BCUT2D eigenvalue weighted by Crippen LogP contribution is -2.28. The van der Waals surface area contributed by atoms with Crippen LogP contribution >= 0.6 is 22.9 Å². The van der Waals surface area contributed by atoms with Crippen molar-refractivity contribution in [1.82, 2.24) is 14.8 Å². The molecular weight excluding hydrogens is 554 g/mol. The maximum absolute atomic E-state index is 12.6. The number of carboxylic acids is 1. The molecule has 2 heterocycles. The van der Waals surface area contributed by atoms with Gasteiger partial charge in [0.2, 0.25) is 0 Å². The first kappa shape index (κ1) is 29.0. The van der Waals surface area contributed by atoms with Crippen molar-refractivity contribution in [3.05, 3.63) is 83.1 Å². The number of thiazole rings is 1. The van der Waals surface area contributed by atoms with E-state index in [0.717, 1.165) is 55.1 Å². The standard InChI is InChI=1S/C33H34ClN3O3S/c1-19(2)17-37-18-24(16-35-37)22-8-7-9-23(15-22)31-36-26-14-20(3)27(29(32(38)39)40-33(4,5)6)28(30(26)41-31)21-10-12-25(34)13-11-21/h7-16,18-19,29H,17H2,1-6H3,(H,38,39)/t29-/m0/s1. The van der Waals surface area contributed by atoms with Gasteiger partial charge in [-0.05, 0) is 74.6 Å². The summed E-state index contributed by atoms with van der Waals surface area (Å²) in [5.41, 5.74) is 6.36. The van der Waals surface area contributed by atoms with Crippen molar-refractivity contribution in [3.63, 3.8) is 0 Å². The Kier molecular flexibility index (Phi) is 8.06. The minimum Gasteiger partial charge on any atom is -0.479 e. The second-order valence-electron chi connectivity index (χ2n) is 11.7. The predicted molar refractivity (Wildman–Crippen MR) is 168 cm³/mol. The molecular formula is C33H34ClN3O3S. The molecule has 0 bridgehead atoms. The highest BCUT2D eigenvalue weighted by molar-refractivity contribution is 7.22. The fourth-order valence-electron chi connectivity index (χ4n) is 4.98. The summed E-state index contributed by atoms with van der Waals surface area (Å²) in [7, 11) is 0. The van der Waals surface area contributed by atoms with Gasteiger partial charge in [-0.3, -0.25) is 4.68 Å². The minimum absolute atomic E-state index is 0.509. The van der Waals surface area contributed by atoms with E-state index in [2.05, 4.69) is 43.3 Å². The van der Waals surface area contributed by atoms with Crippen LogP contribution in [0.4, 0.5) is 0 Å². The van der Waals surface area contributed by atoms with Gasteiger partial charge in [-0.2, -0.15) is 5.10 Å². The second kappa shape index (κ2) is 11.4. The van der Waals surface area contributed by atoms with Gasteiger partial charge in [-0.1, -0.05) is 55.8 Å². The number of carboxylic acid groups (broad SMARTS) is 1. The predicted octanol–water partition coefficient (Wildman–Crippen LogP) is 9.05. The third kappa shape index (κ3) is 6.38. The number of aliphatic carboxylic acids is 1. The Labute approximate surface area is 249 Å².